The monoisotopic (exact) mass is 165 g/mol. The molecule has 1 aromatic heterocycles. The van der Waals surface area contributed by atoms with E-state index in [1.165, 1.54) is 5.69 Å². The molecule has 1 rings (SSSR count). The molecular weight excluding hydrogens is 150 g/mol. The van der Waals surface area contributed by atoms with Crippen LogP contribution in [-0.4, -0.2) is 10.9 Å². The van der Waals surface area contributed by atoms with Crippen molar-refractivity contribution < 1.29 is 4.79 Å². The summed E-state index contributed by atoms with van der Waals surface area (Å²) in [5.41, 5.74) is 1.96. The van der Waals surface area contributed by atoms with Gasteiger partial charge in [0.15, 0.2) is 6.29 Å². The van der Waals surface area contributed by atoms with Gasteiger partial charge in [0.2, 0.25) is 0 Å². The summed E-state index contributed by atoms with van der Waals surface area (Å²) in [6.45, 7) is 5.14. The normalized spacial score (nSPS) is 10.2. The highest BCUT2D eigenvalue weighted by molar-refractivity contribution is 5.72. The van der Waals surface area contributed by atoms with Gasteiger partial charge in [-0.3, -0.25) is 4.79 Å². The molecular formula is C10H15NO. The van der Waals surface area contributed by atoms with Crippen LogP contribution in [0, 0.1) is 6.92 Å². The van der Waals surface area contributed by atoms with Gasteiger partial charge in [-0.25, -0.2) is 0 Å². The Kier molecular flexibility index (Phi) is 3.09. The number of nitrogens with zero attached hydrogens (tertiary/aromatic N) is 1. The number of carbonyl (C=O) groups excluding carboxylic acids is 1. The van der Waals surface area contributed by atoms with E-state index in [4.69, 9.17) is 0 Å². The molecule has 0 atom stereocenters. The molecule has 0 spiro atoms. The molecule has 0 unspecified atom stereocenters. The van der Waals surface area contributed by atoms with Gasteiger partial charge in [-0.05, 0) is 25.5 Å². The molecule has 0 radical (unpaired) electrons. The Hall–Kier alpha value is -1.05. The first-order valence-electron chi connectivity index (χ1n) is 4.41. The summed E-state index contributed by atoms with van der Waals surface area (Å²) in [4.78, 5) is 10.6. The summed E-state index contributed by atoms with van der Waals surface area (Å²) in [6.07, 6.45) is 3.22. The number of carbonyl (C=O) groups is 1. The lowest BCUT2D eigenvalue weighted by atomic mass is 10.3. The molecule has 0 bridgehead atoms. The zero-order valence-corrected chi connectivity index (χ0v) is 7.71. The minimum absolute atomic E-state index is 0.793. The van der Waals surface area contributed by atoms with Crippen molar-refractivity contribution in [2.24, 2.45) is 0 Å². The average Bonchev–Trinajstić information content (AvgIpc) is 2.43. The zero-order chi connectivity index (χ0) is 8.97. The van der Waals surface area contributed by atoms with Gasteiger partial charge in [0.05, 0.1) is 5.69 Å². The maximum absolute atomic E-state index is 10.6. The third kappa shape index (κ3) is 1.76. The number of unbranched alkanes of at least 4 members (excludes halogenated alkanes) is 1. The van der Waals surface area contributed by atoms with E-state index in [1.807, 2.05) is 19.1 Å². The Morgan fingerprint density at radius 3 is 2.83 bits per heavy atom. The van der Waals surface area contributed by atoms with Gasteiger partial charge < -0.3 is 4.57 Å². The predicted octanol–water partition coefficient (Wildman–Crippen LogP) is 2.41. The fourth-order valence-electron chi connectivity index (χ4n) is 1.31. The van der Waals surface area contributed by atoms with Gasteiger partial charge in [-0.1, -0.05) is 13.3 Å². The Morgan fingerprint density at radius 1 is 1.50 bits per heavy atom. The summed E-state index contributed by atoms with van der Waals surface area (Å²) in [5.74, 6) is 0. The Labute approximate surface area is 73.2 Å². The lowest BCUT2D eigenvalue weighted by molar-refractivity contribution is 0.111. The molecule has 0 amide bonds. The van der Waals surface area contributed by atoms with Crippen LogP contribution < -0.4 is 0 Å². The lowest BCUT2D eigenvalue weighted by Crippen LogP contribution is -2.03. The second kappa shape index (κ2) is 4.10. The summed E-state index contributed by atoms with van der Waals surface area (Å²) < 4.78 is 2.07. The molecule has 2 heteroatoms. The van der Waals surface area contributed by atoms with E-state index in [2.05, 4.69) is 11.5 Å². The summed E-state index contributed by atoms with van der Waals surface area (Å²) in [6, 6.07) is 3.86. The van der Waals surface area contributed by atoms with E-state index >= 15 is 0 Å². The van der Waals surface area contributed by atoms with Crippen molar-refractivity contribution in [3.05, 3.63) is 23.5 Å². The van der Waals surface area contributed by atoms with E-state index in [9.17, 15) is 4.79 Å². The van der Waals surface area contributed by atoms with Crippen LogP contribution in [0.15, 0.2) is 12.1 Å². The van der Waals surface area contributed by atoms with Crippen LogP contribution in [0.5, 0.6) is 0 Å². The van der Waals surface area contributed by atoms with Crippen molar-refractivity contribution in [1.82, 2.24) is 4.57 Å². The van der Waals surface area contributed by atoms with Gasteiger partial charge in [-0.15, -0.1) is 0 Å². The fraction of sp³-hybridized carbons (Fsp3) is 0.500. The number of aldehydes is 1. The van der Waals surface area contributed by atoms with Gasteiger partial charge >= 0.3 is 0 Å². The van der Waals surface area contributed by atoms with Crippen LogP contribution in [0.3, 0.4) is 0 Å². The van der Waals surface area contributed by atoms with Gasteiger partial charge in [-0.2, -0.15) is 0 Å². The number of aromatic nitrogens is 1. The van der Waals surface area contributed by atoms with Crippen LogP contribution in [0.25, 0.3) is 0 Å². The highest BCUT2D eigenvalue weighted by Gasteiger charge is 2.01. The lowest BCUT2D eigenvalue weighted by Gasteiger charge is -2.06. The highest BCUT2D eigenvalue weighted by Crippen LogP contribution is 2.07. The van der Waals surface area contributed by atoms with Crippen molar-refractivity contribution >= 4 is 6.29 Å². The van der Waals surface area contributed by atoms with Crippen molar-refractivity contribution in [3.63, 3.8) is 0 Å². The minimum atomic E-state index is 0.793. The summed E-state index contributed by atoms with van der Waals surface area (Å²) in [7, 11) is 0. The third-order valence-electron chi connectivity index (χ3n) is 2.09. The molecule has 0 aliphatic heterocycles. The van der Waals surface area contributed by atoms with Crippen LogP contribution in [0.1, 0.15) is 35.9 Å². The number of rotatable bonds is 4. The van der Waals surface area contributed by atoms with E-state index < -0.39 is 0 Å². The quantitative estimate of drug-likeness (QED) is 0.628. The maximum atomic E-state index is 10.6. The molecule has 66 valence electrons. The minimum Gasteiger partial charge on any atom is -0.343 e. The Bertz CT molecular complexity index is 263. The molecule has 0 fully saturated rings. The number of hydrogen-bond donors (Lipinski definition) is 0. The van der Waals surface area contributed by atoms with E-state index in [0.29, 0.717) is 0 Å². The first-order valence-corrected chi connectivity index (χ1v) is 4.41. The first kappa shape index (κ1) is 9.04. The molecule has 1 heterocycles. The van der Waals surface area contributed by atoms with Crippen molar-refractivity contribution in [2.75, 3.05) is 0 Å². The molecule has 1 aromatic rings. The fourth-order valence-corrected chi connectivity index (χ4v) is 1.31. The van der Waals surface area contributed by atoms with Crippen molar-refractivity contribution in [2.45, 2.75) is 33.2 Å². The molecule has 0 N–H and O–H groups in total. The average molecular weight is 165 g/mol. The highest BCUT2D eigenvalue weighted by atomic mass is 16.1. The molecule has 0 aliphatic carbocycles. The predicted molar refractivity (Wildman–Crippen MR) is 49.5 cm³/mol. The molecule has 0 aromatic carbocycles. The number of aryl methyl sites for hydroxylation is 1. The second-order valence-electron chi connectivity index (χ2n) is 3.02. The van der Waals surface area contributed by atoms with Crippen LogP contribution in [-0.2, 0) is 6.54 Å². The van der Waals surface area contributed by atoms with Crippen molar-refractivity contribution in [3.8, 4) is 0 Å². The van der Waals surface area contributed by atoms with E-state index in [-0.39, 0.29) is 0 Å². The van der Waals surface area contributed by atoms with E-state index in [1.54, 1.807) is 0 Å². The summed E-state index contributed by atoms with van der Waals surface area (Å²) >= 11 is 0. The topological polar surface area (TPSA) is 22.0 Å². The van der Waals surface area contributed by atoms with Crippen LogP contribution in [0.2, 0.25) is 0 Å². The molecule has 0 aliphatic rings. The molecule has 2 nitrogen and oxygen atoms in total. The SMILES string of the molecule is CCCCn1c(C)ccc1C=O. The first-order chi connectivity index (χ1) is 5.79. The zero-order valence-electron chi connectivity index (χ0n) is 7.71. The Balaban J connectivity index is 2.79. The standard InChI is InChI=1S/C10H15NO/c1-3-4-7-11-9(2)5-6-10(11)8-12/h5-6,8H,3-4,7H2,1-2H3. The summed E-state index contributed by atoms with van der Waals surface area (Å²) in [5, 5.41) is 0. The van der Waals surface area contributed by atoms with E-state index in [0.717, 1.165) is 31.4 Å². The largest absolute Gasteiger partial charge is 0.343 e. The van der Waals surface area contributed by atoms with Gasteiger partial charge in [0, 0.05) is 12.2 Å². The van der Waals surface area contributed by atoms with Crippen LogP contribution in [0.4, 0.5) is 0 Å². The molecule has 0 saturated heterocycles. The Morgan fingerprint density at radius 2 is 2.25 bits per heavy atom. The maximum Gasteiger partial charge on any atom is 0.166 e. The van der Waals surface area contributed by atoms with Gasteiger partial charge in [0.1, 0.15) is 0 Å². The molecule has 12 heavy (non-hydrogen) atoms. The van der Waals surface area contributed by atoms with Crippen molar-refractivity contribution in [1.29, 1.82) is 0 Å². The second-order valence-corrected chi connectivity index (χ2v) is 3.02. The third-order valence-corrected chi connectivity index (χ3v) is 2.09. The van der Waals surface area contributed by atoms with Gasteiger partial charge in [0.25, 0.3) is 0 Å². The number of hydrogen-bond acceptors (Lipinski definition) is 1. The molecule has 0 saturated carbocycles. The van der Waals surface area contributed by atoms with Crippen LogP contribution >= 0.6 is 0 Å². The smallest absolute Gasteiger partial charge is 0.166 e.